The number of ether oxygens (including phenoxy) is 2. The molecule has 0 spiro atoms. The summed E-state index contributed by atoms with van der Waals surface area (Å²) in [5.41, 5.74) is 3.56. The highest BCUT2D eigenvalue weighted by atomic mass is 19.1. The molecule has 25 heavy (non-hydrogen) atoms. The molecule has 0 N–H and O–H groups in total. The maximum atomic E-state index is 12.7. The second kappa shape index (κ2) is 6.32. The quantitative estimate of drug-likeness (QED) is 0.408. The maximum Gasteiger partial charge on any atom is 0.371 e. The van der Waals surface area contributed by atoms with Crippen LogP contribution in [0.5, 0.6) is 11.5 Å². The second-order valence-electron chi connectivity index (χ2n) is 5.40. The fourth-order valence-corrected chi connectivity index (χ4v) is 2.62. The van der Waals surface area contributed by atoms with E-state index in [4.69, 9.17) is 9.47 Å². The summed E-state index contributed by atoms with van der Waals surface area (Å²) < 4.78 is 35.2. The summed E-state index contributed by atoms with van der Waals surface area (Å²) >= 11 is 0. The lowest BCUT2D eigenvalue weighted by Crippen LogP contribution is -2.07. The monoisotopic (exact) mass is 342 g/mol. The van der Waals surface area contributed by atoms with E-state index in [2.05, 4.69) is 13.2 Å². The lowest BCUT2D eigenvalue weighted by atomic mass is 10.1. The Morgan fingerprint density at radius 1 is 0.800 bits per heavy atom. The van der Waals surface area contributed by atoms with Crippen LogP contribution < -0.4 is 9.47 Å². The summed E-state index contributed by atoms with van der Waals surface area (Å²) in [7, 11) is 0. The lowest BCUT2D eigenvalue weighted by molar-refractivity contribution is -0.132. The molecular weight excluding hydrogens is 330 g/mol. The largest absolute Gasteiger partial charge is 0.421 e. The minimum atomic E-state index is -1.18. The predicted octanol–water partition coefficient (Wildman–Crippen LogP) is 4.04. The Labute approximate surface area is 142 Å². The van der Waals surface area contributed by atoms with Gasteiger partial charge in [0.15, 0.2) is 0 Å². The molecule has 0 radical (unpaired) electrons. The summed E-state index contributed by atoms with van der Waals surface area (Å²) in [4.78, 5) is 22.5. The Hall–Kier alpha value is -3.28. The molecule has 0 unspecified atom stereocenters. The van der Waals surface area contributed by atoms with E-state index in [0.717, 1.165) is 22.3 Å². The van der Waals surface area contributed by atoms with Gasteiger partial charge in [-0.05, 0) is 52.9 Å². The van der Waals surface area contributed by atoms with Gasteiger partial charge in [-0.1, -0.05) is 25.3 Å². The Bertz CT molecular complexity index is 856. The number of carbonyl (C=O) groups excluding carboxylic acids is 2. The van der Waals surface area contributed by atoms with Crippen LogP contribution in [0.1, 0.15) is 11.1 Å². The van der Waals surface area contributed by atoms with E-state index in [9.17, 15) is 18.4 Å². The molecule has 2 aromatic rings. The van der Waals surface area contributed by atoms with E-state index >= 15 is 0 Å². The van der Waals surface area contributed by atoms with Gasteiger partial charge in [-0.15, -0.1) is 0 Å². The molecule has 4 nitrogen and oxygen atoms in total. The first kappa shape index (κ1) is 16.6. The van der Waals surface area contributed by atoms with Crippen molar-refractivity contribution in [3.05, 3.63) is 72.3 Å². The van der Waals surface area contributed by atoms with Crippen LogP contribution in [0.3, 0.4) is 0 Å². The molecule has 0 saturated carbocycles. The third kappa shape index (κ3) is 3.33. The van der Waals surface area contributed by atoms with Crippen LogP contribution in [0, 0.1) is 0 Å². The smallest absolute Gasteiger partial charge is 0.371 e. The van der Waals surface area contributed by atoms with Crippen LogP contribution in [-0.2, 0) is 16.0 Å². The topological polar surface area (TPSA) is 52.6 Å². The van der Waals surface area contributed by atoms with Crippen molar-refractivity contribution in [2.24, 2.45) is 0 Å². The number of fused-ring (bicyclic) bond motifs is 3. The highest BCUT2D eigenvalue weighted by Gasteiger charge is 2.21. The number of hydrogen-bond acceptors (Lipinski definition) is 4. The van der Waals surface area contributed by atoms with Crippen LogP contribution >= 0.6 is 0 Å². The van der Waals surface area contributed by atoms with Crippen LogP contribution in [0.2, 0.25) is 0 Å². The normalized spacial score (nSPS) is 11.3. The van der Waals surface area contributed by atoms with Crippen molar-refractivity contribution in [2.45, 2.75) is 6.42 Å². The number of halogens is 2. The van der Waals surface area contributed by atoms with Crippen LogP contribution in [0.4, 0.5) is 8.78 Å². The average Bonchev–Trinajstić information content (AvgIpc) is 2.91. The minimum Gasteiger partial charge on any atom is -0.421 e. The van der Waals surface area contributed by atoms with Gasteiger partial charge in [0.05, 0.1) is 0 Å². The van der Waals surface area contributed by atoms with Crippen molar-refractivity contribution in [1.82, 2.24) is 0 Å². The molecule has 0 fully saturated rings. The molecule has 0 heterocycles. The first-order chi connectivity index (χ1) is 11.8. The van der Waals surface area contributed by atoms with Crippen molar-refractivity contribution in [1.29, 1.82) is 0 Å². The number of benzene rings is 2. The molecule has 6 heteroatoms. The molecule has 0 aliphatic heterocycles. The van der Waals surface area contributed by atoms with E-state index in [1.54, 1.807) is 36.4 Å². The van der Waals surface area contributed by atoms with Gasteiger partial charge in [0.1, 0.15) is 11.5 Å². The fraction of sp³-hybridized carbons (Fsp3) is 0.0526. The maximum absolute atomic E-state index is 12.7. The minimum absolute atomic E-state index is 0.204. The standard InChI is InChI=1S/C19H12F2O4/c1-10(20)18(22)24-14-3-5-16-12(8-14)7-13-9-15(4-6-17(13)16)25-19(23)11(2)21/h3-6,8-9H,1-2,7H2. The van der Waals surface area contributed by atoms with Crippen LogP contribution in [0.25, 0.3) is 11.1 Å². The molecule has 0 aromatic heterocycles. The molecular formula is C19H12F2O4. The lowest BCUT2D eigenvalue weighted by Gasteiger charge is -2.06. The van der Waals surface area contributed by atoms with Gasteiger partial charge in [0.2, 0.25) is 11.7 Å². The Morgan fingerprint density at radius 2 is 1.20 bits per heavy atom. The molecule has 2 aromatic carbocycles. The zero-order valence-corrected chi connectivity index (χ0v) is 13.0. The summed E-state index contributed by atoms with van der Waals surface area (Å²) in [5.74, 6) is -4.23. The number of rotatable bonds is 4. The summed E-state index contributed by atoms with van der Waals surface area (Å²) in [6.07, 6.45) is 0.495. The van der Waals surface area contributed by atoms with E-state index in [0.29, 0.717) is 6.42 Å². The molecule has 3 rings (SSSR count). The molecule has 0 saturated heterocycles. The average molecular weight is 342 g/mol. The van der Waals surface area contributed by atoms with Crippen molar-refractivity contribution >= 4 is 11.9 Å². The highest BCUT2D eigenvalue weighted by Crippen LogP contribution is 2.40. The van der Waals surface area contributed by atoms with Gasteiger partial charge < -0.3 is 9.47 Å². The van der Waals surface area contributed by atoms with Gasteiger partial charge in [-0.25, -0.2) is 9.59 Å². The first-order valence-electron chi connectivity index (χ1n) is 7.24. The van der Waals surface area contributed by atoms with Crippen molar-refractivity contribution in [2.75, 3.05) is 0 Å². The van der Waals surface area contributed by atoms with E-state index in [1.807, 2.05) is 0 Å². The highest BCUT2D eigenvalue weighted by molar-refractivity contribution is 5.88. The number of hydrogen-bond donors (Lipinski definition) is 0. The van der Waals surface area contributed by atoms with Gasteiger partial charge >= 0.3 is 11.9 Å². The van der Waals surface area contributed by atoms with Crippen LogP contribution in [0.15, 0.2) is 61.2 Å². The zero-order valence-electron chi connectivity index (χ0n) is 13.0. The summed E-state index contributed by atoms with van der Waals surface area (Å²) in [6, 6.07) is 9.86. The first-order valence-corrected chi connectivity index (χ1v) is 7.24. The fourth-order valence-electron chi connectivity index (χ4n) is 2.62. The molecule has 0 bridgehead atoms. The van der Waals surface area contributed by atoms with Crippen LogP contribution in [-0.4, -0.2) is 11.9 Å². The zero-order chi connectivity index (χ0) is 18.1. The van der Waals surface area contributed by atoms with Gasteiger partial charge in [0.25, 0.3) is 0 Å². The SMILES string of the molecule is C=C(F)C(=O)Oc1ccc2c(c1)Cc1cc(OC(=O)C(=C)F)ccc1-2. The molecule has 126 valence electrons. The van der Waals surface area contributed by atoms with Gasteiger partial charge in [-0.2, -0.15) is 8.78 Å². The van der Waals surface area contributed by atoms with Crippen molar-refractivity contribution in [3.8, 4) is 22.6 Å². The van der Waals surface area contributed by atoms with E-state index in [-0.39, 0.29) is 11.5 Å². The van der Waals surface area contributed by atoms with Gasteiger partial charge in [-0.3, -0.25) is 0 Å². The van der Waals surface area contributed by atoms with Gasteiger partial charge in [0, 0.05) is 0 Å². The second-order valence-corrected chi connectivity index (χ2v) is 5.40. The Kier molecular flexibility index (Phi) is 4.19. The predicted molar refractivity (Wildman–Crippen MR) is 86.5 cm³/mol. The van der Waals surface area contributed by atoms with Crippen molar-refractivity contribution in [3.63, 3.8) is 0 Å². The Morgan fingerprint density at radius 3 is 1.56 bits per heavy atom. The van der Waals surface area contributed by atoms with Crippen molar-refractivity contribution < 1.29 is 27.8 Å². The molecule has 0 atom stereocenters. The van der Waals surface area contributed by atoms with E-state index in [1.165, 1.54) is 0 Å². The molecule has 1 aliphatic carbocycles. The van der Waals surface area contributed by atoms with E-state index < -0.39 is 23.6 Å². The molecule has 1 aliphatic rings. The molecule has 0 amide bonds. The number of carbonyl (C=O) groups is 2. The summed E-state index contributed by atoms with van der Waals surface area (Å²) in [6.45, 7) is 5.77. The number of esters is 2. The third-order valence-electron chi connectivity index (χ3n) is 3.69. The third-order valence-corrected chi connectivity index (χ3v) is 3.69. The summed E-state index contributed by atoms with van der Waals surface area (Å²) in [5, 5.41) is 0. The Balaban J connectivity index is 1.84.